The Hall–Kier alpha value is -1.37. The third-order valence-corrected chi connectivity index (χ3v) is 4.05. The van der Waals surface area contributed by atoms with Crippen LogP contribution in [0.25, 0.3) is 0 Å². The topological polar surface area (TPSA) is 46.6 Å². The van der Waals surface area contributed by atoms with Crippen molar-refractivity contribution >= 4 is 40.2 Å². The van der Waals surface area contributed by atoms with Gasteiger partial charge in [0.05, 0.1) is 12.3 Å². The Bertz CT molecular complexity index is 528. The highest BCUT2D eigenvalue weighted by Gasteiger charge is 2.12. The average Bonchev–Trinajstić information content (AvgIpc) is 2.50. The zero-order valence-electron chi connectivity index (χ0n) is 13.0. The van der Waals surface area contributed by atoms with Crippen LogP contribution >= 0.6 is 22.6 Å². The molecule has 0 saturated heterocycles. The van der Waals surface area contributed by atoms with E-state index in [1.807, 2.05) is 24.3 Å². The molecule has 0 aromatic heterocycles. The molecule has 0 aliphatic rings. The van der Waals surface area contributed by atoms with E-state index in [-0.39, 0.29) is 11.9 Å². The Labute approximate surface area is 145 Å². The van der Waals surface area contributed by atoms with Gasteiger partial charge < -0.3 is 9.64 Å². The predicted octanol–water partition coefficient (Wildman–Crippen LogP) is 3.93. The summed E-state index contributed by atoms with van der Waals surface area (Å²) in [6.45, 7) is 2.17. The van der Waals surface area contributed by atoms with Crippen LogP contribution in [0.15, 0.2) is 36.4 Å². The van der Waals surface area contributed by atoms with Crippen molar-refractivity contribution in [1.29, 1.82) is 0 Å². The highest BCUT2D eigenvalue weighted by molar-refractivity contribution is 14.1. The fourth-order valence-corrected chi connectivity index (χ4v) is 2.68. The van der Waals surface area contributed by atoms with Gasteiger partial charge in [0.25, 0.3) is 0 Å². The number of anilines is 1. The normalized spacial score (nSPS) is 10.7. The number of para-hydroxylation sites is 1. The maximum Gasteiger partial charge on any atom is 0.330 e. The summed E-state index contributed by atoms with van der Waals surface area (Å²) in [4.78, 5) is 24.9. The quantitative estimate of drug-likeness (QED) is 0.280. The van der Waals surface area contributed by atoms with Gasteiger partial charge in [-0.1, -0.05) is 18.2 Å². The van der Waals surface area contributed by atoms with E-state index >= 15 is 0 Å². The molecular weight excluding hydrogens is 393 g/mol. The van der Waals surface area contributed by atoms with Crippen LogP contribution in [0.1, 0.15) is 32.6 Å². The van der Waals surface area contributed by atoms with Gasteiger partial charge in [-0.2, -0.15) is 0 Å². The summed E-state index contributed by atoms with van der Waals surface area (Å²) >= 11 is 2.23. The molecule has 0 saturated carbocycles. The maximum atomic E-state index is 12.2. The third-order valence-electron chi connectivity index (χ3n) is 3.14. The molecule has 4 nitrogen and oxygen atoms in total. The molecule has 0 fully saturated rings. The number of esters is 1. The molecule has 1 amide bonds. The summed E-state index contributed by atoms with van der Waals surface area (Å²) in [5, 5.41) is 0. The molecule has 1 rings (SSSR count). The molecule has 0 bridgehead atoms. The Morgan fingerprint density at radius 2 is 2.00 bits per heavy atom. The fraction of sp³-hybridized carbons (Fsp3) is 0.412. The number of carbonyl (C=O) groups is 2. The first-order valence-corrected chi connectivity index (χ1v) is 8.48. The largest absolute Gasteiger partial charge is 0.463 e. The maximum absolute atomic E-state index is 12.2. The van der Waals surface area contributed by atoms with E-state index in [0.29, 0.717) is 13.0 Å². The molecule has 22 heavy (non-hydrogen) atoms. The van der Waals surface area contributed by atoms with Crippen molar-refractivity contribution in [2.45, 2.75) is 32.6 Å². The summed E-state index contributed by atoms with van der Waals surface area (Å²) in [6, 6.07) is 7.82. The zero-order valence-corrected chi connectivity index (χ0v) is 15.2. The van der Waals surface area contributed by atoms with E-state index < -0.39 is 0 Å². The predicted molar refractivity (Wildman–Crippen MR) is 96.8 cm³/mol. The van der Waals surface area contributed by atoms with Gasteiger partial charge in [0, 0.05) is 23.1 Å². The Morgan fingerprint density at radius 1 is 1.27 bits per heavy atom. The van der Waals surface area contributed by atoms with Gasteiger partial charge in [0.1, 0.15) is 0 Å². The molecule has 0 aliphatic carbocycles. The summed E-state index contributed by atoms with van der Waals surface area (Å²) < 4.78 is 5.85. The van der Waals surface area contributed by atoms with Gasteiger partial charge in [0.2, 0.25) is 5.91 Å². The molecule has 0 N–H and O–H groups in total. The van der Waals surface area contributed by atoms with Crippen molar-refractivity contribution in [3.05, 3.63) is 40.0 Å². The second-order valence-electron chi connectivity index (χ2n) is 4.80. The van der Waals surface area contributed by atoms with Crippen molar-refractivity contribution in [3.8, 4) is 0 Å². The van der Waals surface area contributed by atoms with E-state index in [2.05, 4.69) is 22.6 Å². The monoisotopic (exact) mass is 415 g/mol. The zero-order chi connectivity index (χ0) is 16.4. The van der Waals surface area contributed by atoms with Crippen molar-refractivity contribution in [2.24, 2.45) is 0 Å². The number of carbonyl (C=O) groups excluding carboxylic acids is 2. The van der Waals surface area contributed by atoms with Crippen molar-refractivity contribution in [1.82, 2.24) is 0 Å². The first-order chi connectivity index (χ1) is 10.6. The molecule has 5 heteroatoms. The smallest absolute Gasteiger partial charge is 0.330 e. The number of allylic oxidation sites excluding steroid dienone is 1. The number of rotatable bonds is 8. The summed E-state index contributed by atoms with van der Waals surface area (Å²) in [5.74, 6) is -0.199. The van der Waals surface area contributed by atoms with E-state index in [4.69, 9.17) is 4.74 Å². The minimum atomic E-state index is -0.308. The van der Waals surface area contributed by atoms with Crippen LogP contribution in [0.5, 0.6) is 0 Å². The highest BCUT2D eigenvalue weighted by Crippen LogP contribution is 2.21. The first kappa shape index (κ1) is 18.7. The van der Waals surface area contributed by atoms with Gasteiger partial charge in [-0.25, -0.2) is 4.79 Å². The fourth-order valence-electron chi connectivity index (χ4n) is 1.93. The lowest BCUT2D eigenvalue weighted by molar-refractivity contribution is -0.137. The molecule has 0 spiro atoms. The van der Waals surface area contributed by atoms with Gasteiger partial charge >= 0.3 is 5.97 Å². The van der Waals surface area contributed by atoms with Gasteiger partial charge in [-0.05, 0) is 60.9 Å². The van der Waals surface area contributed by atoms with E-state index in [1.165, 1.54) is 6.08 Å². The Morgan fingerprint density at radius 3 is 2.68 bits per heavy atom. The van der Waals surface area contributed by atoms with Crippen molar-refractivity contribution in [2.75, 3.05) is 18.6 Å². The molecule has 0 heterocycles. The number of unbranched alkanes of at least 4 members (excludes halogenated alkanes) is 2. The second-order valence-corrected chi connectivity index (χ2v) is 5.97. The Balaban J connectivity index is 2.29. The van der Waals surface area contributed by atoms with E-state index in [1.54, 1.807) is 24.9 Å². The number of nitrogens with zero attached hydrogens (tertiary/aromatic N) is 1. The van der Waals surface area contributed by atoms with E-state index in [9.17, 15) is 9.59 Å². The highest BCUT2D eigenvalue weighted by atomic mass is 127. The lowest BCUT2D eigenvalue weighted by Crippen LogP contribution is -2.26. The number of hydrogen-bond donors (Lipinski definition) is 0. The van der Waals surface area contributed by atoms with E-state index in [0.717, 1.165) is 28.5 Å². The summed E-state index contributed by atoms with van der Waals surface area (Å²) in [6.07, 6.45) is 6.21. The number of benzene rings is 1. The minimum absolute atomic E-state index is 0.110. The molecule has 0 aliphatic heterocycles. The number of halogens is 1. The minimum Gasteiger partial charge on any atom is -0.463 e. The van der Waals surface area contributed by atoms with Crippen LogP contribution < -0.4 is 4.90 Å². The number of ether oxygens (including phenoxy) is 1. The van der Waals surface area contributed by atoms with Crippen molar-refractivity contribution < 1.29 is 14.3 Å². The molecule has 1 aromatic rings. The van der Waals surface area contributed by atoms with Gasteiger partial charge in [-0.3, -0.25) is 4.79 Å². The van der Waals surface area contributed by atoms with Gasteiger partial charge in [-0.15, -0.1) is 0 Å². The van der Waals surface area contributed by atoms with Crippen molar-refractivity contribution in [3.63, 3.8) is 0 Å². The molecule has 0 unspecified atom stereocenters. The van der Waals surface area contributed by atoms with Crippen LogP contribution in [0.4, 0.5) is 5.69 Å². The van der Waals surface area contributed by atoms with Crippen LogP contribution in [-0.2, 0) is 14.3 Å². The second kappa shape index (κ2) is 10.4. The van der Waals surface area contributed by atoms with Crippen LogP contribution in [0.2, 0.25) is 0 Å². The summed E-state index contributed by atoms with van der Waals surface area (Å²) in [7, 11) is 1.81. The standard InChI is InChI=1S/C17H22INO3/c1-3-22-17(21)13-7-5-4-6-12-16(20)19(2)15-11-9-8-10-14(15)18/h7-11,13H,3-6,12H2,1-2H3/b13-7+. The lowest BCUT2D eigenvalue weighted by Gasteiger charge is -2.18. The average molecular weight is 415 g/mol. The van der Waals surface area contributed by atoms with Crippen LogP contribution in [0.3, 0.4) is 0 Å². The lowest BCUT2D eigenvalue weighted by atomic mass is 10.1. The molecule has 0 atom stereocenters. The Kier molecular flexibility index (Phi) is 8.81. The van der Waals surface area contributed by atoms with Crippen LogP contribution in [-0.4, -0.2) is 25.5 Å². The third kappa shape index (κ3) is 6.60. The SMILES string of the molecule is CCOC(=O)/C=C/CCCCC(=O)N(C)c1ccccc1I. The molecular formula is C17H22INO3. The summed E-state index contributed by atoms with van der Waals surface area (Å²) in [5.41, 5.74) is 0.940. The number of amides is 1. The van der Waals surface area contributed by atoms with Gasteiger partial charge in [0.15, 0.2) is 0 Å². The van der Waals surface area contributed by atoms with Crippen LogP contribution in [0, 0.1) is 3.57 Å². The molecule has 1 aromatic carbocycles. The molecule has 120 valence electrons. The molecule has 0 radical (unpaired) electrons. The number of hydrogen-bond acceptors (Lipinski definition) is 3. The first-order valence-electron chi connectivity index (χ1n) is 7.40.